The van der Waals surface area contributed by atoms with Crippen LogP contribution in [0.4, 0.5) is 0 Å². The molecule has 0 radical (unpaired) electrons. The molecule has 0 aliphatic heterocycles. The Balaban J connectivity index is 2.61. The maximum absolute atomic E-state index is 12.8. The van der Waals surface area contributed by atoms with Gasteiger partial charge < -0.3 is 30.2 Å². The second-order valence-corrected chi connectivity index (χ2v) is 16.2. The van der Waals surface area contributed by atoms with Crippen molar-refractivity contribution in [1.29, 1.82) is 0 Å². The molecule has 1 aliphatic carbocycles. The van der Waals surface area contributed by atoms with Crippen LogP contribution >= 0.6 is 0 Å². The number of aliphatic hydroxyl groups is 1. The molecule has 0 saturated carbocycles. The van der Waals surface area contributed by atoms with Crippen LogP contribution in [0.5, 0.6) is 0 Å². The highest BCUT2D eigenvalue weighted by Crippen LogP contribution is 2.37. The van der Waals surface area contributed by atoms with Gasteiger partial charge in [0.15, 0.2) is 8.32 Å². The number of hydrogen-bond acceptors (Lipinski definition) is 7. The van der Waals surface area contributed by atoms with Gasteiger partial charge in [-0.25, -0.2) is 0 Å². The van der Waals surface area contributed by atoms with E-state index in [1.165, 1.54) is 7.11 Å². The zero-order valence-electron chi connectivity index (χ0n) is 24.2. The summed E-state index contributed by atoms with van der Waals surface area (Å²) in [5.74, 6) is -1.52. The fourth-order valence-electron chi connectivity index (χ4n) is 3.49. The Bertz CT molecular complexity index is 909. The Morgan fingerprint density at radius 2 is 1.66 bits per heavy atom. The molecule has 1 rings (SSSR count). The van der Waals surface area contributed by atoms with Crippen molar-refractivity contribution < 1.29 is 33.4 Å². The van der Waals surface area contributed by atoms with Gasteiger partial charge >= 0.3 is 5.97 Å². The van der Waals surface area contributed by atoms with Crippen molar-refractivity contribution in [3.05, 3.63) is 23.4 Å². The van der Waals surface area contributed by atoms with Crippen molar-refractivity contribution in [3.63, 3.8) is 0 Å². The van der Waals surface area contributed by atoms with Crippen molar-refractivity contribution in [3.8, 4) is 0 Å². The number of allylic oxidation sites excluding steroid dienone is 1. The number of rotatable bonds is 14. The quantitative estimate of drug-likeness (QED) is 0.147. The lowest BCUT2D eigenvalue weighted by molar-refractivity contribution is -0.140. The number of amides is 3. The molecular weight excluding hydrogens is 506 g/mol. The predicted molar refractivity (Wildman–Crippen MR) is 148 cm³/mol. The largest absolute Gasteiger partial charge is 0.469 e. The minimum Gasteiger partial charge on any atom is -0.469 e. The summed E-state index contributed by atoms with van der Waals surface area (Å²) < 4.78 is 10.9. The highest BCUT2D eigenvalue weighted by atomic mass is 28.4. The molecule has 216 valence electrons. The van der Waals surface area contributed by atoms with Crippen LogP contribution in [0.15, 0.2) is 23.4 Å². The van der Waals surface area contributed by atoms with E-state index in [1.54, 1.807) is 19.9 Å². The average molecular weight is 554 g/mol. The van der Waals surface area contributed by atoms with E-state index in [9.17, 15) is 24.3 Å². The Morgan fingerprint density at radius 1 is 1.05 bits per heavy atom. The van der Waals surface area contributed by atoms with Crippen molar-refractivity contribution in [2.45, 2.75) is 96.9 Å². The van der Waals surface area contributed by atoms with Gasteiger partial charge in [0.25, 0.3) is 0 Å². The lowest BCUT2D eigenvalue weighted by Crippen LogP contribution is -2.51. The summed E-state index contributed by atoms with van der Waals surface area (Å²) in [6.45, 7) is 14.4. The highest BCUT2D eigenvalue weighted by molar-refractivity contribution is 6.74. The third kappa shape index (κ3) is 11.5. The first kappa shape index (κ1) is 33.5. The summed E-state index contributed by atoms with van der Waals surface area (Å²) in [7, 11) is -0.631. The normalized spacial score (nSPS) is 17.4. The van der Waals surface area contributed by atoms with Crippen LogP contribution in [0, 0.1) is 5.92 Å². The van der Waals surface area contributed by atoms with Crippen molar-refractivity contribution in [1.82, 2.24) is 16.0 Å². The van der Waals surface area contributed by atoms with E-state index < -0.39 is 32.2 Å². The van der Waals surface area contributed by atoms with Crippen molar-refractivity contribution >= 4 is 32.0 Å². The second-order valence-electron chi connectivity index (χ2n) is 11.4. The first-order valence-corrected chi connectivity index (χ1v) is 16.1. The zero-order chi connectivity index (χ0) is 29.1. The van der Waals surface area contributed by atoms with Crippen LogP contribution in [0.25, 0.3) is 0 Å². The molecule has 1 aliphatic rings. The van der Waals surface area contributed by atoms with E-state index in [0.717, 1.165) is 5.57 Å². The topological polar surface area (TPSA) is 143 Å². The van der Waals surface area contributed by atoms with Gasteiger partial charge in [0.05, 0.1) is 13.7 Å². The van der Waals surface area contributed by atoms with E-state index in [1.807, 2.05) is 6.08 Å². The summed E-state index contributed by atoms with van der Waals surface area (Å²) in [4.78, 5) is 48.5. The third-order valence-electron chi connectivity index (χ3n) is 7.02. The number of ether oxygens (including phenoxy) is 1. The number of carbonyl (C=O) groups excluding carboxylic acids is 4. The lowest BCUT2D eigenvalue weighted by atomic mass is 9.93. The van der Waals surface area contributed by atoms with Crippen LogP contribution in [-0.4, -0.2) is 69.5 Å². The monoisotopic (exact) mass is 553 g/mol. The molecule has 0 saturated heterocycles. The average Bonchev–Trinajstić information content (AvgIpc) is 2.84. The van der Waals surface area contributed by atoms with E-state index in [2.05, 4.69) is 54.6 Å². The highest BCUT2D eigenvalue weighted by Gasteiger charge is 2.37. The van der Waals surface area contributed by atoms with E-state index in [0.29, 0.717) is 31.6 Å². The number of carbonyl (C=O) groups is 4. The van der Waals surface area contributed by atoms with E-state index >= 15 is 0 Å². The van der Waals surface area contributed by atoms with Crippen LogP contribution in [0.3, 0.4) is 0 Å². The maximum Gasteiger partial charge on any atom is 0.305 e. The summed E-state index contributed by atoms with van der Waals surface area (Å²) >= 11 is 0. The minimum atomic E-state index is -1.94. The molecule has 38 heavy (non-hydrogen) atoms. The van der Waals surface area contributed by atoms with Gasteiger partial charge in [-0.2, -0.15) is 0 Å². The molecule has 0 spiro atoms. The van der Waals surface area contributed by atoms with Crippen LogP contribution in [0.1, 0.15) is 66.7 Å². The number of methoxy groups -OCH3 is 1. The Morgan fingerprint density at radius 3 is 2.24 bits per heavy atom. The fraction of sp³-hybridized carbons (Fsp3) is 0.704. The second kappa shape index (κ2) is 15.2. The Labute approximate surface area is 228 Å². The number of nitrogens with one attached hydrogen (secondary N) is 3. The minimum absolute atomic E-state index is 0.0133. The standard InChI is InChI=1S/C27H47N3O7Si/c1-18(28-23(32)11-9-10-12-24(33)36-6)25(34)29-19(2)26(35)30-22-14-20(16-31)13-21(15-22)17-37-38(7,8)27(3,4)5/h14-15,18-19,21,31H,9-13,16-17H2,1-8H3,(H,28,32)(H,29,34)(H,30,35)/t18-,19-,21?/m0/s1. The Hall–Kier alpha value is -2.50. The van der Waals surface area contributed by atoms with E-state index in [4.69, 9.17) is 4.43 Å². The van der Waals surface area contributed by atoms with Gasteiger partial charge in [-0.1, -0.05) is 26.8 Å². The molecule has 3 amide bonds. The van der Waals surface area contributed by atoms with Crippen molar-refractivity contribution in [2.75, 3.05) is 20.3 Å². The molecule has 0 aromatic carbocycles. The van der Waals surface area contributed by atoms with Gasteiger partial charge in [0.2, 0.25) is 17.7 Å². The number of hydrogen-bond donors (Lipinski definition) is 4. The smallest absolute Gasteiger partial charge is 0.305 e. The fourth-order valence-corrected chi connectivity index (χ4v) is 4.56. The molecule has 11 heteroatoms. The number of unbranched alkanes of at least 4 members (excludes halogenated alkanes) is 1. The van der Waals surface area contributed by atoms with Crippen LogP contribution in [0.2, 0.25) is 18.1 Å². The van der Waals surface area contributed by atoms with Crippen molar-refractivity contribution in [2.24, 2.45) is 5.92 Å². The molecule has 0 bridgehead atoms. The molecule has 0 aromatic heterocycles. The first-order chi connectivity index (χ1) is 17.6. The molecule has 0 fully saturated rings. The third-order valence-corrected chi connectivity index (χ3v) is 11.5. The van der Waals surface area contributed by atoms with Gasteiger partial charge in [-0.3, -0.25) is 19.2 Å². The first-order valence-electron chi connectivity index (χ1n) is 13.2. The maximum atomic E-state index is 12.8. The molecule has 0 aromatic rings. The summed E-state index contributed by atoms with van der Waals surface area (Å²) in [6, 6.07) is -1.68. The summed E-state index contributed by atoms with van der Waals surface area (Å²) in [5.41, 5.74) is 1.36. The molecule has 4 N–H and O–H groups in total. The molecule has 1 unspecified atom stereocenters. The molecule has 0 heterocycles. The molecule has 10 nitrogen and oxygen atoms in total. The molecule has 3 atom stereocenters. The molecular formula is C27H47N3O7Si. The predicted octanol–water partition coefficient (Wildman–Crippen LogP) is 2.69. The van der Waals surface area contributed by atoms with Crippen LogP contribution < -0.4 is 16.0 Å². The van der Waals surface area contributed by atoms with Gasteiger partial charge in [-0.05, 0) is 62.9 Å². The van der Waals surface area contributed by atoms with Gasteiger partial charge in [0, 0.05) is 31.1 Å². The van der Waals surface area contributed by atoms with Gasteiger partial charge in [0.1, 0.15) is 12.1 Å². The number of esters is 1. The lowest BCUT2D eigenvalue weighted by Gasteiger charge is -2.37. The van der Waals surface area contributed by atoms with E-state index in [-0.39, 0.29) is 42.3 Å². The zero-order valence-corrected chi connectivity index (χ0v) is 25.2. The summed E-state index contributed by atoms with van der Waals surface area (Å²) in [6.07, 6.45) is 5.76. The summed E-state index contributed by atoms with van der Waals surface area (Å²) in [5, 5.41) is 17.9. The Kier molecular flexibility index (Phi) is 13.4. The van der Waals surface area contributed by atoms with Crippen LogP contribution in [-0.2, 0) is 28.3 Å². The SMILES string of the molecule is COC(=O)CCCCC(=O)N[C@@H](C)C(=O)N[C@@H](C)C(=O)NC1=CC(CO[Si](C)(C)C(C)(C)C)CC(CO)=C1. The van der Waals surface area contributed by atoms with Gasteiger partial charge in [-0.15, -0.1) is 0 Å². The number of aliphatic hydroxyl groups excluding tert-OH is 1.